The largest absolute Gasteiger partial charge is 0.453 e. The smallest absolute Gasteiger partial charge is 0.165 e. The number of halogens is 3. The van der Waals surface area contributed by atoms with Crippen LogP contribution >= 0.6 is 27.5 Å². The molecule has 0 aliphatic rings. The monoisotopic (exact) mass is 371 g/mol. The van der Waals surface area contributed by atoms with E-state index in [1.165, 1.54) is 6.07 Å². The van der Waals surface area contributed by atoms with Gasteiger partial charge in [-0.1, -0.05) is 40.5 Å². The molecule has 0 amide bonds. The summed E-state index contributed by atoms with van der Waals surface area (Å²) in [5.41, 5.74) is 1.07. The molecular formula is C16H16BrClFNO. The van der Waals surface area contributed by atoms with Gasteiger partial charge in [0.25, 0.3) is 0 Å². The number of hydrogen-bond donors (Lipinski definition) is 1. The van der Waals surface area contributed by atoms with Crippen molar-refractivity contribution in [2.45, 2.75) is 19.9 Å². The Labute approximate surface area is 137 Å². The maximum absolute atomic E-state index is 13.7. The summed E-state index contributed by atoms with van der Waals surface area (Å²) in [6.07, 6.45) is 1.08. The maximum Gasteiger partial charge on any atom is 0.165 e. The third-order valence-electron chi connectivity index (χ3n) is 2.87. The van der Waals surface area contributed by atoms with Crippen LogP contribution in [0.1, 0.15) is 18.9 Å². The quantitative estimate of drug-likeness (QED) is 0.673. The zero-order valence-corrected chi connectivity index (χ0v) is 14.0. The molecule has 2 aromatic rings. The molecule has 0 aromatic heterocycles. The van der Waals surface area contributed by atoms with Gasteiger partial charge in [0.05, 0.1) is 5.02 Å². The van der Waals surface area contributed by atoms with Gasteiger partial charge >= 0.3 is 0 Å². The highest BCUT2D eigenvalue weighted by atomic mass is 79.9. The Balaban J connectivity index is 2.12. The molecule has 21 heavy (non-hydrogen) atoms. The van der Waals surface area contributed by atoms with Gasteiger partial charge in [0, 0.05) is 11.0 Å². The van der Waals surface area contributed by atoms with E-state index in [1.807, 2.05) is 12.1 Å². The fraction of sp³-hybridized carbons (Fsp3) is 0.250. The standard InChI is InChI=1S/C16H16BrClFNO/c1-2-7-20-10-11-3-6-15(13(18)8-11)21-16-9-12(17)4-5-14(16)19/h3-6,8-9,20H,2,7,10H2,1H3. The second-order valence-corrected chi connectivity index (χ2v) is 5.94. The first-order valence-electron chi connectivity index (χ1n) is 6.72. The van der Waals surface area contributed by atoms with Crippen LogP contribution in [0.25, 0.3) is 0 Å². The minimum Gasteiger partial charge on any atom is -0.453 e. The van der Waals surface area contributed by atoms with E-state index >= 15 is 0 Å². The molecule has 0 atom stereocenters. The predicted octanol–water partition coefficient (Wildman–Crippen LogP) is 5.53. The summed E-state index contributed by atoms with van der Waals surface area (Å²) in [4.78, 5) is 0. The van der Waals surface area contributed by atoms with Gasteiger partial charge in [0.1, 0.15) is 5.75 Å². The van der Waals surface area contributed by atoms with E-state index < -0.39 is 5.82 Å². The summed E-state index contributed by atoms with van der Waals surface area (Å²) in [5, 5.41) is 3.76. The topological polar surface area (TPSA) is 21.3 Å². The second kappa shape index (κ2) is 7.78. The SMILES string of the molecule is CCCNCc1ccc(Oc2cc(Br)ccc2F)c(Cl)c1. The lowest BCUT2D eigenvalue weighted by molar-refractivity contribution is 0.442. The van der Waals surface area contributed by atoms with E-state index in [-0.39, 0.29) is 5.75 Å². The lowest BCUT2D eigenvalue weighted by Crippen LogP contribution is -2.13. The Morgan fingerprint density at radius 3 is 2.71 bits per heavy atom. The van der Waals surface area contributed by atoms with E-state index in [0.717, 1.165) is 29.5 Å². The normalized spacial score (nSPS) is 10.7. The first-order valence-corrected chi connectivity index (χ1v) is 7.89. The molecule has 2 nitrogen and oxygen atoms in total. The van der Waals surface area contributed by atoms with Crippen LogP contribution in [0.15, 0.2) is 40.9 Å². The third kappa shape index (κ3) is 4.70. The van der Waals surface area contributed by atoms with Crippen LogP contribution in [0, 0.1) is 5.82 Å². The molecule has 0 saturated carbocycles. The van der Waals surface area contributed by atoms with Crippen LogP contribution in [0.2, 0.25) is 5.02 Å². The number of benzene rings is 2. The van der Waals surface area contributed by atoms with Crippen molar-refractivity contribution >= 4 is 27.5 Å². The lowest BCUT2D eigenvalue weighted by atomic mass is 10.2. The minimum absolute atomic E-state index is 0.142. The lowest BCUT2D eigenvalue weighted by Gasteiger charge is -2.10. The first kappa shape index (κ1) is 16.3. The maximum atomic E-state index is 13.7. The van der Waals surface area contributed by atoms with E-state index in [9.17, 15) is 4.39 Å². The molecular weight excluding hydrogens is 357 g/mol. The summed E-state index contributed by atoms with van der Waals surface area (Å²) in [5.74, 6) is 0.152. The third-order valence-corrected chi connectivity index (χ3v) is 3.65. The summed E-state index contributed by atoms with van der Waals surface area (Å²) >= 11 is 9.48. The molecule has 0 saturated heterocycles. The second-order valence-electron chi connectivity index (χ2n) is 4.62. The Kier molecular flexibility index (Phi) is 6.03. The molecule has 112 valence electrons. The molecule has 0 aliphatic heterocycles. The van der Waals surface area contributed by atoms with Crippen LogP contribution in [0.4, 0.5) is 4.39 Å². The van der Waals surface area contributed by atoms with Gasteiger partial charge in [-0.25, -0.2) is 4.39 Å². The van der Waals surface area contributed by atoms with Crippen molar-refractivity contribution in [2.75, 3.05) is 6.54 Å². The molecule has 0 radical (unpaired) electrons. The number of nitrogens with one attached hydrogen (secondary N) is 1. The van der Waals surface area contributed by atoms with Gasteiger partial charge in [0.2, 0.25) is 0 Å². The van der Waals surface area contributed by atoms with Crippen molar-refractivity contribution < 1.29 is 9.13 Å². The van der Waals surface area contributed by atoms with Gasteiger partial charge in [0.15, 0.2) is 11.6 Å². The van der Waals surface area contributed by atoms with Crippen molar-refractivity contribution in [1.82, 2.24) is 5.32 Å². The molecule has 1 N–H and O–H groups in total. The zero-order chi connectivity index (χ0) is 15.2. The highest BCUT2D eigenvalue weighted by Gasteiger charge is 2.09. The predicted molar refractivity (Wildman–Crippen MR) is 87.6 cm³/mol. The van der Waals surface area contributed by atoms with E-state index in [0.29, 0.717) is 10.8 Å². The van der Waals surface area contributed by atoms with Gasteiger partial charge < -0.3 is 10.1 Å². The minimum atomic E-state index is -0.428. The van der Waals surface area contributed by atoms with Crippen molar-refractivity contribution in [3.63, 3.8) is 0 Å². The van der Waals surface area contributed by atoms with Crippen molar-refractivity contribution in [3.8, 4) is 11.5 Å². The molecule has 0 spiro atoms. The number of rotatable bonds is 6. The van der Waals surface area contributed by atoms with Crippen LogP contribution in [0.5, 0.6) is 11.5 Å². The summed E-state index contributed by atoms with van der Waals surface area (Å²) in [6, 6.07) is 10.0. The summed E-state index contributed by atoms with van der Waals surface area (Å²) in [6.45, 7) is 3.82. The molecule has 0 heterocycles. The molecule has 0 aliphatic carbocycles. The molecule has 5 heteroatoms. The van der Waals surface area contributed by atoms with Crippen molar-refractivity contribution in [1.29, 1.82) is 0 Å². The first-order chi connectivity index (χ1) is 10.1. The zero-order valence-electron chi connectivity index (χ0n) is 11.6. The average molecular weight is 373 g/mol. The molecule has 2 rings (SSSR count). The van der Waals surface area contributed by atoms with Crippen LogP contribution in [-0.2, 0) is 6.54 Å². The average Bonchev–Trinajstić information content (AvgIpc) is 2.46. The van der Waals surface area contributed by atoms with E-state index in [2.05, 4.69) is 28.2 Å². The van der Waals surface area contributed by atoms with Gasteiger partial charge in [-0.2, -0.15) is 0 Å². The fourth-order valence-corrected chi connectivity index (χ4v) is 2.40. The summed E-state index contributed by atoms with van der Waals surface area (Å²) < 4.78 is 20.0. The Hall–Kier alpha value is -1.10. The Morgan fingerprint density at radius 1 is 1.19 bits per heavy atom. The molecule has 0 fully saturated rings. The number of hydrogen-bond acceptors (Lipinski definition) is 2. The van der Waals surface area contributed by atoms with E-state index in [1.54, 1.807) is 18.2 Å². The van der Waals surface area contributed by atoms with Crippen LogP contribution in [0.3, 0.4) is 0 Å². The molecule has 0 unspecified atom stereocenters. The Morgan fingerprint density at radius 2 is 2.00 bits per heavy atom. The Bertz CT molecular complexity index is 621. The van der Waals surface area contributed by atoms with Crippen molar-refractivity contribution in [2.24, 2.45) is 0 Å². The van der Waals surface area contributed by atoms with Crippen molar-refractivity contribution in [3.05, 3.63) is 57.3 Å². The van der Waals surface area contributed by atoms with Gasteiger partial charge in [-0.15, -0.1) is 0 Å². The highest BCUT2D eigenvalue weighted by molar-refractivity contribution is 9.10. The van der Waals surface area contributed by atoms with Gasteiger partial charge in [-0.05, 0) is 48.9 Å². The summed E-state index contributed by atoms with van der Waals surface area (Å²) in [7, 11) is 0. The molecule has 2 aromatic carbocycles. The van der Waals surface area contributed by atoms with Crippen LogP contribution in [-0.4, -0.2) is 6.54 Å². The number of ether oxygens (including phenoxy) is 1. The molecule has 0 bridgehead atoms. The highest BCUT2D eigenvalue weighted by Crippen LogP contribution is 2.32. The van der Waals surface area contributed by atoms with Crippen LogP contribution < -0.4 is 10.1 Å². The van der Waals surface area contributed by atoms with Gasteiger partial charge in [-0.3, -0.25) is 0 Å². The fourth-order valence-electron chi connectivity index (χ4n) is 1.82. The van der Waals surface area contributed by atoms with E-state index in [4.69, 9.17) is 16.3 Å².